The lowest BCUT2D eigenvalue weighted by Gasteiger charge is -2.26. The van der Waals surface area contributed by atoms with E-state index in [4.69, 9.17) is 16.1 Å². The Morgan fingerprint density at radius 1 is 0.880 bits per heavy atom. The smallest absolute Gasteiger partial charge is 0.230 e. The van der Waals surface area contributed by atoms with Crippen LogP contribution in [0.5, 0.6) is 0 Å². The second-order valence-electron chi connectivity index (χ2n) is 6.56. The van der Waals surface area contributed by atoms with E-state index in [0.717, 1.165) is 46.6 Å². The molecule has 1 saturated carbocycles. The molecule has 1 aliphatic rings. The number of benzene rings is 2. The van der Waals surface area contributed by atoms with E-state index < -0.39 is 0 Å². The van der Waals surface area contributed by atoms with E-state index in [1.54, 1.807) is 0 Å². The van der Waals surface area contributed by atoms with Crippen LogP contribution in [0.1, 0.15) is 49.0 Å². The third kappa shape index (κ3) is 3.80. The van der Waals surface area contributed by atoms with Gasteiger partial charge in [-0.3, -0.25) is 0 Å². The molecule has 0 aliphatic heterocycles. The fraction of sp³-hybridized carbons (Fsp3) is 0.300. The highest BCUT2D eigenvalue weighted by atomic mass is 79.9. The van der Waals surface area contributed by atoms with E-state index in [1.807, 2.05) is 36.4 Å². The normalized spacial score (nSPS) is 20.6. The van der Waals surface area contributed by atoms with Gasteiger partial charge in [0.05, 0.1) is 0 Å². The van der Waals surface area contributed by atoms with Crippen molar-refractivity contribution in [2.45, 2.75) is 37.5 Å². The van der Waals surface area contributed by atoms with Crippen molar-refractivity contribution in [3.05, 3.63) is 69.5 Å². The monoisotopic (exact) mass is 416 g/mol. The van der Waals surface area contributed by atoms with Crippen molar-refractivity contribution < 1.29 is 4.52 Å². The zero-order valence-electron chi connectivity index (χ0n) is 13.7. The zero-order chi connectivity index (χ0) is 17.2. The number of nitrogens with zero attached hydrogens (tertiary/aromatic N) is 2. The largest absolute Gasteiger partial charge is 0.339 e. The molecule has 1 aromatic heterocycles. The van der Waals surface area contributed by atoms with E-state index >= 15 is 0 Å². The quantitative estimate of drug-likeness (QED) is 0.482. The van der Waals surface area contributed by atoms with E-state index in [2.05, 4.69) is 38.2 Å². The van der Waals surface area contributed by atoms with Gasteiger partial charge in [0.2, 0.25) is 11.7 Å². The summed E-state index contributed by atoms with van der Waals surface area (Å²) in [4.78, 5) is 4.63. The third-order valence-electron chi connectivity index (χ3n) is 4.96. The molecule has 0 atom stereocenters. The minimum Gasteiger partial charge on any atom is -0.339 e. The Morgan fingerprint density at radius 2 is 1.52 bits per heavy atom. The van der Waals surface area contributed by atoms with Crippen molar-refractivity contribution in [3.8, 4) is 11.4 Å². The van der Waals surface area contributed by atoms with Crippen LogP contribution in [0.4, 0.5) is 0 Å². The van der Waals surface area contributed by atoms with Crippen molar-refractivity contribution in [3.63, 3.8) is 0 Å². The Morgan fingerprint density at radius 3 is 2.20 bits per heavy atom. The molecule has 1 heterocycles. The van der Waals surface area contributed by atoms with Crippen LogP contribution >= 0.6 is 27.5 Å². The first-order valence-electron chi connectivity index (χ1n) is 8.54. The highest BCUT2D eigenvalue weighted by molar-refractivity contribution is 9.10. The van der Waals surface area contributed by atoms with E-state index in [9.17, 15) is 0 Å². The summed E-state index contributed by atoms with van der Waals surface area (Å²) in [6.07, 6.45) is 4.44. The van der Waals surface area contributed by atoms with Crippen LogP contribution in [0, 0.1) is 0 Å². The van der Waals surface area contributed by atoms with Gasteiger partial charge < -0.3 is 4.52 Å². The molecule has 0 spiro atoms. The van der Waals surface area contributed by atoms with Crippen LogP contribution < -0.4 is 0 Å². The molecule has 0 bridgehead atoms. The van der Waals surface area contributed by atoms with E-state index in [0.29, 0.717) is 17.7 Å². The Hall–Kier alpha value is -1.65. The van der Waals surface area contributed by atoms with E-state index in [1.165, 1.54) is 5.56 Å². The average molecular weight is 418 g/mol. The molecule has 0 radical (unpaired) electrons. The van der Waals surface area contributed by atoms with Crippen LogP contribution in [0.25, 0.3) is 11.4 Å². The van der Waals surface area contributed by atoms with Gasteiger partial charge in [0.1, 0.15) is 0 Å². The maximum Gasteiger partial charge on any atom is 0.230 e. The summed E-state index contributed by atoms with van der Waals surface area (Å²) in [5.41, 5.74) is 2.36. The van der Waals surface area contributed by atoms with Gasteiger partial charge >= 0.3 is 0 Å². The highest BCUT2D eigenvalue weighted by Gasteiger charge is 2.27. The summed E-state index contributed by atoms with van der Waals surface area (Å²) in [6, 6.07) is 16.2. The van der Waals surface area contributed by atoms with Crippen LogP contribution in [-0.4, -0.2) is 10.1 Å². The van der Waals surface area contributed by atoms with Crippen molar-refractivity contribution >= 4 is 27.5 Å². The number of rotatable bonds is 3. The summed E-state index contributed by atoms with van der Waals surface area (Å²) >= 11 is 9.43. The Labute approximate surface area is 160 Å². The van der Waals surface area contributed by atoms with E-state index in [-0.39, 0.29) is 0 Å². The molecule has 2 aromatic carbocycles. The zero-order valence-corrected chi connectivity index (χ0v) is 16.0. The van der Waals surface area contributed by atoms with Crippen LogP contribution in [0.3, 0.4) is 0 Å². The molecule has 5 heteroatoms. The molecule has 1 fully saturated rings. The fourth-order valence-electron chi connectivity index (χ4n) is 3.53. The predicted molar refractivity (Wildman–Crippen MR) is 103 cm³/mol. The predicted octanol–water partition coefficient (Wildman–Crippen LogP) is 6.59. The Bertz CT molecular complexity index is 837. The van der Waals surface area contributed by atoms with Crippen molar-refractivity contribution in [2.24, 2.45) is 0 Å². The first kappa shape index (κ1) is 16.8. The molecular weight excluding hydrogens is 400 g/mol. The first-order chi connectivity index (χ1) is 12.2. The summed E-state index contributed by atoms with van der Waals surface area (Å²) in [6.45, 7) is 0. The van der Waals surface area contributed by atoms with Gasteiger partial charge in [0, 0.05) is 21.0 Å². The standard InChI is InChI=1S/C20H18BrClN2O/c21-17-9-5-15(6-10-17)19-23-20(25-24-19)16-3-1-13(2-4-16)14-7-11-18(22)12-8-14/h5-13,16H,1-4H2. The molecule has 0 unspecified atom stereocenters. The lowest BCUT2D eigenvalue weighted by molar-refractivity contribution is 0.301. The summed E-state index contributed by atoms with van der Waals surface area (Å²) in [5, 5.41) is 4.96. The molecule has 0 N–H and O–H groups in total. The SMILES string of the molecule is Clc1ccc(C2CCC(c3nc(-c4ccc(Br)cc4)no3)CC2)cc1. The minimum absolute atomic E-state index is 0.361. The summed E-state index contributed by atoms with van der Waals surface area (Å²) in [5.74, 6) is 2.40. The summed E-state index contributed by atoms with van der Waals surface area (Å²) in [7, 11) is 0. The lowest BCUT2D eigenvalue weighted by atomic mass is 9.78. The molecule has 0 amide bonds. The van der Waals surface area contributed by atoms with Crippen molar-refractivity contribution in [1.82, 2.24) is 10.1 Å². The maximum absolute atomic E-state index is 5.99. The number of hydrogen-bond donors (Lipinski definition) is 0. The van der Waals surface area contributed by atoms with Gasteiger partial charge in [0.15, 0.2) is 0 Å². The third-order valence-corrected chi connectivity index (χ3v) is 5.74. The van der Waals surface area contributed by atoms with Crippen molar-refractivity contribution in [2.75, 3.05) is 0 Å². The molecule has 128 valence electrons. The Balaban J connectivity index is 1.42. The second-order valence-corrected chi connectivity index (χ2v) is 7.92. The van der Waals surface area contributed by atoms with Gasteiger partial charge in [-0.1, -0.05) is 44.8 Å². The van der Waals surface area contributed by atoms with Crippen LogP contribution in [0.15, 0.2) is 57.5 Å². The number of hydrogen-bond acceptors (Lipinski definition) is 3. The molecule has 25 heavy (non-hydrogen) atoms. The molecule has 1 aliphatic carbocycles. The molecule has 4 rings (SSSR count). The minimum atomic E-state index is 0.361. The highest BCUT2D eigenvalue weighted by Crippen LogP contribution is 2.40. The van der Waals surface area contributed by atoms with Crippen LogP contribution in [0.2, 0.25) is 5.02 Å². The molecule has 0 saturated heterocycles. The Kier molecular flexibility index (Phi) is 4.91. The number of halogens is 2. The maximum atomic E-state index is 5.99. The fourth-order valence-corrected chi connectivity index (χ4v) is 3.92. The van der Waals surface area contributed by atoms with Crippen molar-refractivity contribution in [1.29, 1.82) is 0 Å². The van der Waals surface area contributed by atoms with Gasteiger partial charge in [-0.2, -0.15) is 4.98 Å². The lowest BCUT2D eigenvalue weighted by Crippen LogP contribution is -2.12. The molecule has 3 aromatic rings. The molecular formula is C20H18BrClN2O. The first-order valence-corrected chi connectivity index (χ1v) is 9.71. The molecule has 3 nitrogen and oxygen atoms in total. The van der Waals surface area contributed by atoms with Gasteiger partial charge in [-0.15, -0.1) is 0 Å². The van der Waals surface area contributed by atoms with Gasteiger partial charge in [-0.05, 0) is 73.6 Å². The second kappa shape index (κ2) is 7.30. The van der Waals surface area contributed by atoms with Gasteiger partial charge in [-0.25, -0.2) is 0 Å². The van der Waals surface area contributed by atoms with Crippen LogP contribution in [-0.2, 0) is 0 Å². The summed E-state index contributed by atoms with van der Waals surface area (Å²) < 4.78 is 6.60. The topological polar surface area (TPSA) is 38.9 Å². The average Bonchev–Trinajstić information content (AvgIpc) is 3.13. The number of aromatic nitrogens is 2. The van der Waals surface area contributed by atoms with Gasteiger partial charge in [0.25, 0.3) is 0 Å².